The minimum Gasteiger partial charge on any atom is -0.493 e. The summed E-state index contributed by atoms with van der Waals surface area (Å²) in [4.78, 5) is 0.248. The van der Waals surface area contributed by atoms with Crippen LogP contribution in [0.1, 0.15) is 34.4 Å². The van der Waals surface area contributed by atoms with Crippen LogP contribution >= 0.6 is 27.5 Å². The van der Waals surface area contributed by atoms with E-state index in [2.05, 4.69) is 52.3 Å². The van der Waals surface area contributed by atoms with Crippen molar-refractivity contribution in [2.75, 3.05) is 6.61 Å². The van der Waals surface area contributed by atoms with Crippen LogP contribution in [0, 0.1) is 0 Å². The van der Waals surface area contributed by atoms with Crippen molar-refractivity contribution in [1.82, 2.24) is 0 Å². The number of hydrogen-bond donors (Lipinski definition) is 0. The molecule has 1 heterocycles. The third-order valence-electron chi connectivity index (χ3n) is 4.67. The van der Waals surface area contributed by atoms with Gasteiger partial charge in [-0.3, -0.25) is 0 Å². The Morgan fingerprint density at radius 3 is 2.62 bits per heavy atom. The molecular weight excluding hydrogens is 348 g/mol. The van der Waals surface area contributed by atoms with Crippen LogP contribution in [0.3, 0.4) is 0 Å². The Bertz CT molecular complexity index is 679. The van der Waals surface area contributed by atoms with E-state index in [0.29, 0.717) is 0 Å². The van der Waals surface area contributed by atoms with Crippen LogP contribution in [0.4, 0.5) is 0 Å². The van der Waals surface area contributed by atoms with Gasteiger partial charge in [-0.2, -0.15) is 0 Å². The van der Waals surface area contributed by atoms with Crippen LogP contribution in [-0.2, 0) is 11.8 Å². The van der Waals surface area contributed by atoms with Gasteiger partial charge in [0.15, 0.2) is 0 Å². The van der Waals surface area contributed by atoms with E-state index in [1.54, 1.807) is 0 Å². The van der Waals surface area contributed by atoms with Crippen molar-refractivity contribution >= 4 is 27.5 Å². The highest BCUT2D eigenvalue weighted by Gasteiger charge is 2.51. The summed E-state index contributed by atoms with van der Waals surface area (Å²) in [5, 5.41) is 0.808. The number of rotatable bonds is 3. The van der Waals surface area contributed by atoms with Crippen LogP contribution in [-0.4, -0.2) is 6.61 Å². The van der Waals surface area contributed by atoms with Gasteiger partial charge in [0.1, 0.15) is 5.75 Å². The molecule has 0 N–H and O–H groups in total. The van der Waals surface area contributed by atoms with Crippen molar-refractivity contribution in [3.05, 3.63) is 64.2 Å². The van der Waals surface area contributed by atoms with E-state index in [1.807, 2.05) is 6.07 Å². The fourth-order valence-corrected chi connectivity index (χ4v) is 4.69. The highest BCUT2D eigenvalue weighted by atomic mass is 79.9. The predicted octanol–water partition coefficient (Wildman–Crippen LogP) is 5.44. The SMILES string of the molecule is Clc1cc2c(c(C(Br)C3(c4ccccc4)CC3)c1)OCC2. The van der Waals surface area contributed by atoms with Crippen LogP contribution in [0.5, 0.6) is 5.75 Å². The normalized spacial score (nSPS) is 19.7. The Morgan fingerprint density at radius 1 is 1.14 bits per heavy atom. The third kappa shape index (κ3) is 2.20. The molecule has 0 bridgehead atoms. The van der Waals surface area contributed by atoms with Crippen molar-refractivity contribution < 1.29 is 4.74 Å². The Kier molecular flexibility index (Phi) is 3.27. The number of alkyl halides is 1. The molecule has 0 radical (unpaired) electrons. The lowest BCUT2D eigenvalue weighted by molar-refractivity contribution is 0.352. The molecule has 0 spiro atoms. The van der Waals surface area contributed by atoms with Crippen LogP contribution in [0.2, 0.25) is 5.02 Å². The van der Waals surface area contributed by atoms with Gasteiger partial charge in [0, 0.05) is 22.4 Å². The first-order chi connectivity index (χ1) is 10.2. The van der Waals surface area contributed by atoms with Crippen molar-refractivity contribution in [2.45, 2.75) is 29.5 Å². The highest BCUT2D eigenvalue weighted by molar-refractivity contribution is 9.09. The Balaban J connectivity index is 1.78. The quantitative estimate of drug-likeness (QED) is 0.660. The maximum absolute atomic E-state index is 6.31. The van der Waals surface area contributed by atoms with Gasteiger partial charge >= 0.3 is 0 Å². The first kappa shape index (κ1) is 13.7. The molecule has 21 heavy (non-hydrogen) atoms. The number of hydrogen-bond acceptors (Lipinski definition) is 1. The maximum atomic E-state index is 6.31. The summed E-state index contributed by atoms with van der Waals surface area (Å²) in [6, 6.07) is 14.9. The van der Waals surface area contributed by atoms with E-state index in [1.165, 1.54) is 29.5 Å². The Labute approximate surface area is 138 Å². The molecule has 2 aromatic carbocycles. The summed E-state index contributed by atoms with van der Waals surface area (Å²) >= 11 is 10.3. The predicted molar refractivity (Wildman–Crippen MR) is 89.7 cm³/mol. The zero-order valence-electron chi connectivity index (χ0n) is 11.6. The van der Waals surface area contributed by atoms with Crippen molar-refractivity contribution in [3.8, 4) is 5.75 Å². The second kappa shape index (κ2) is 5.03. The summed E-state index contributed by atoms with van der Waals surface area (Å²) in [5.74, 6) is 1.04. The fourth-order valence-electron chi connectivity index (χ4n) is 3.38. The number of ether oxygens (including phenoxy) is 1. The lowest BCUT2D eigenvalue weighted by Crippen LogP contribution is -2.14. The molecule has 1 atom stereocenters. The van der Waals surface area contributed by atoms with E-state index in [9.17, 15) is 0 Å². The molecule has 1 aliphatic carbocycles. The number of fused-ring (bicyclic) bond motifs is 1. The van der Waals surface area contributed by atoms with Gasteiger partial charge in [-0.25, -0.2) is 0 Å². The zero-order valence-corrected chi connectivity index (χ0v) is 14.0. The smallest absolute Gasteiger partial charge is 0.127 e. The standard InChI is InChI=1S/C18H16BrClO/c19-17(18(7-8-18)13-4-2-1-3-5-13)15-11-14(20)10-12-6-9-21-16(12)15/h1-5,10-11,17H,6-9H2. The first-order valence-corrected chi connectivity index (χ1v) is 8.65. The minimum absolute atomic E-state index is 0.186. The Morgan fingerprint density at radius 2 is 1.90 bits per heavy atom. The molecule has 1 fully saturated rings. The topological polar surface area (TPSA) is 9.23 Å². The highest BCUT2D eigenvalue weighted by Crippen LogP contribution is 2.61. The Hall–Kier alpha value is -0.990. The van der Waals surface area contributed by atoms with Crippen molar-refractivity contribution in [1.29, 1.82) is 0 Å². The van der Waals surface area contributed by atoms with Gasteiger partial charge in [-0.1, -0.05) is 57.9 Å². The number of halogens is 2. The third-order valence-corrected chi connectivity index (χ3v) is 6.26. The van der Waals surface area contributed by atoms with Gasteiger partial charge in [0.2, 0.25) is 0 Å². The van der Waals surface area contributed by atoms with Crippen LogP contribution in [0.15, 0.2) is 42.5 Å². The summed E-state index contributed by atoms with van der Waals surface area (Å²) < 4.78 is 5.88. The largest absolute Gasteiger partial charge is 0.493 e. The minimum atomic E-state index is 0.186. The molecule has 0 amide bonds. The van der Waals surface area contributed by atoms with Gasteiger partial charge in [0.25, 0.3) is 0 Å². The molecule has 4 rings (SSSR count). The average molecular weight is 364 g/mol. The van der Waals surface area contributed by atoms with E-state index >= 15 is 0 Å². The molecule has 2 aliphatic rings. The lowest BCUT2D eigenvalue weighted by Gasteiger charge is -2.24. The van der Waals surface area contributed by atoms with Crippen molar-refractivity contribution in [2.24, 2.45) is 0 Å². The summed E-state index contributed by atoms with van der Waals surface area (Å²) in [5.41, 5.74) is 4.03. The summed E-state index contributed by atoms with van der Waals surface area (Å²) in [6.45, 7) is 0.765. The molecular formula is C18H16BrClO. The second-order valence-corrected chi connectivity index (χ2v) is 7.32. The second-order valence-electron chi connectivity index (χ2n) is 5.97. The maximum Gasteiger partial charge on any atom is 0.127 e. The van der Waals surface area contributed by atoms with E-state index in [0.717, 1.165) is 23.8 Å². The molecule has 108 valence electrons. The molecule has 1 aliphatic heterocycles. The lowest BCUT2D eigenvalue weighted by atomic mass is 9.88. The van der Waals surface area contributed by atoms with Gasteiger partial charge in [0.05, 0.1) is 11.4 Å². The zero-order chi connectivity index (χ0) is 14.4. The van der Waals surface area contributed by atoms with Crippen molar-refractivity contribution in [3.63, 3.8) is 0 Å². The molecule has 1 saturated carbocycles. The monoisotopic (exact) mass is 362 g/mol. The van der Waals surface area contributed by atoms with E-state index in [4.69, 9.17) is 16.3 Å². The average Bonchev–Trinajstić information content (AvgIpc) is 3.19. The van der Waals surface area contributed by atoms with Crippen LogP contribution < -0.4 is 4.74 Å². The fraction of sp³-hybridized carbons (Fsp3) is 0.333. The molecule has 1 unspecified atom stereocenters. The van der Waals surface area contributed by atoms with Crippen LogP contribution in [0.25, 0.3) is 0 Å². The van der Waals surface area contributed by atoms with Gasteiger partial charge < -0.3 is 4.74 Å². The molecule has 2 aromatic rings. The number of benzene rings is 2. The van der Waals surface area contributed by atoms with Gasteiger partial charge in [-0.15, -0.1) is 0 Å². The molecule has 3 heteroatoms. The summed E-state index contributed by atoms with van der Waals surface area (Å²) in [6.07, 6.45) is 3.36. The van der Waals surface area contributed by atoms with E-state index < -0.39 is 0 Å². The first-order valence-electron chi connectivity index (χ1n) is 7.35. The molecule has 0 saturated heterocycles. The molecule has 1 nitrogen and oxygen atoms in total. The van der Waals surface area contributed by atoms with E-state index in [-0.39, 0.29) is 10.2 Å². The molecule has 0 aromatic heterocycles. The summed E-state index contributed by atoms with van der Waals surface area (Å²) in [7, 11) is 0. The van der Waals surface area contributed by atoms with Gasteiger partial charge in [-0.05, 0) is 36.1 Å².